The second-order valence-electron chi connectivity index (χ2n) is 6.89. The van der Waals surface area contributed by atoms with Crippen LogP contribution in [0, 0.1) is 5.92 Å². The number of benzene rings is 1. The fraction of sp³-hybridized carbons (Fsp3) is 0.368. The Hall–Kier alpha value is -1.47. The highest BCUT2D eigenvalue weighted by atomic mass is 35.5. The number of hydrogen-bond acceptors (Lipinski definition) is 4. The molecule has 2 aromatic rings. The maximum absolute atomic E-state index is 12.9. The molecule has 1 unspecified atom stereocenters. The van der Waals surface area contributed by atoms with Crippen LogP contribution in [0.1, 0.15) is 24.0 Å². The van der Waals surface area contributed by atoms with Crippen LogP contribution in [0.5, 0.6) is 0 Å². The van der Waals surface area contributed by atoms with Gasteiger partial charge in [-0.2, -0.15) is 5.10 Å². The number of aromatic nitrogens is 2. The molecule has 2 aliphatic heterocycles. The Morgan fingerprint density at radius 2 is 2.00 bits per heavy atom. The van der Waals surface area contributed by atoms with E-state index in [-0.39, 0.29) is 11.8 Å². The molecule has 1 atom stereocenters. The van der Waals surface area contributed by atoms with Crippen LogP contribution in [0.25, 0.3) is 4.91 Å². The number of H-pyrrole nitrogens is 1. The number of rotatable bonds is 3. The smallest absolute Gasteiger partial charge is 0.230 e. The molecular formula is C19H19Cl2N3O2S. The summed E-state index contributed by atoms with van der Waals surface area (Å²) < 4.78 is 0. The molecule has 27 heavy (non-hydrogen) atoms. The molecule has 0 spiro atoms. The van der Waals surface area contributed by atoms with Gasteiger partial charge in [0.1, 0.15) is 0 Å². The molecule has 5 nitrogen and oxygen atoms in total. The van der Waals surface area contributed by atoms with Crippen molar-refractivity contribution in [3.8, 4) is 0 Å². The molecule has 3 heterocycles. The monoisotopic (exact) mass is 423 g/mol. The van der Waals surface area contributed by atoms with Crippen LogP contribution < -0.4 is 0 Å². The van der Waals surface area contributed by atoms with Crippen molar-refractivity contribution in [2.24, 2.45) is 5.92 Å². The number of likely N-dealkylation sites (tertiary alicyclic amines) is 1. The SMILES string of the molecule is O=C(C1C=C(c2cn[nH]c2)SC1)N1CCC(O)(c2c(Cl)cccc2Cl)CC1. The van der Waals surface area contributed by atoms with Gasteiger partial charge in [-0.1, -0.05) is 35.3 Å². The summed E-state index contributed by atoms with van der Waals surface area (Å²) in [5, 5.41) is 18.8. The standard InChI is InChI=1S/C19H19Cl2N3O2S/c20-14-2-1-3-15(21)17(14)19(26)4-6-24(7-5-19)18(25)12-8-16(27-11-12)13-9-22-23-10-13/h1-3,8-10,12,26H,4-7,11H2,(H,22,23). The van der Waals surface area contributed by atoms with Crippen LogP contribution >= 0.6 is 35.0 Å². The van der Waals surface area contributed by atoms with Crippen molar-refractivity contribution in [3.05, 3.63) is 57.8 Å². The van der Waals surface area contributed by atoms with E-state index in [1.165, 1.54) is 0 Å². The highest BCUT2D eigenvalue weighted by Crippen LogP contribution is 2.42. The largest absolute Gasteiger partial charge is 0.385 e. The number of halogens is 2. The maximum atomic E-state index is 12.9. The first-order valence-corrected chi connectivity index (χ1v) is 10.5. The van der Waals surface area contributed by atoms with Crippen LogP contribution in [-0.4, -0.2) is 45.0 Å². The van der Waals surface area contributed by atoms with E-state index >= 15 is 0 Å². The zero-order chi connectivity index (χ0) is 19.0. The second kappa shape index (κ2) is 7.51. The van der Waals surface area contributed by atoms with Gasteiger partial charge in [-0.15, -0.1) is 11.8 Å². The summed E-state index contributed by atoms with van der Waals surface area (Å²) in [4.78, 5) is 15.8. The Labute approximate surface area is 171 Å². The van der Waals surface area contributed by atoms with Crippen molar-refractivity contribution in [3.63, 3.8) is 0 Å². The lowest BCUT2D eigenvalue weighted by molar-refractivity contribution is -0.137. The third-order valence-corrected chi connectivity index (χ3v) is 7.04. The highest BCUT2D eigenvalue weighted by molar-refractivity contribution is 8.08. The zero-order valence-electron chi connectivity index (χ0n) is 14.5. The number of aliphatic hydroxyl groups is 1. The summed E-state index contributed by atoms with van der Waals surface area (Å²) in [5.74, 6) is 0.694. The third-order valence-electron chi connectivity index (χ3n) is 5.20. The van der Waals surface area contributed by atoms with Gasteiger partial charge < -0.3 is 10.0 Å². The molecule has 0 radical (unpaired) electrons. The molecule has 1 fully saturated rings. The average Bonchev–Trinajstić information content (AvgIpc) is 3.33. The Morgan fingerprint density at radius 1 is 1.30 bits per heavy atom. The number of aromatic amines is 1. The molecule has 1 aromatic heterocycles. The topological polar surface area (TPSA) is 69.2 Å². The number of piperidine rings is 1. The molecule has 2 N–H and O–H groups in total. The van der Waals surface area contributed by atoms with Gasteiger partial charge >= 0.3 is 0 Å². The number of carbonyl (C=O) groups excluding carboxylic acids is 1. The molecular weight excluding hydrogens is 405 g/mol. The van der Waals surface area contributed by atoms with E-state index in [0.29, 0.717) is 41.5 Å². The number of nitrogens with zero attached hydrogens (tertiary/aromatic N) is 2. The lowest BCUT2D eigenvalue weighted by atomic mass is 9.84. The van der Waals surface area contributed by atoms with E-state index in [2.05, 4.69) is 10.2 Å². The van der Waals surface area contributed by atoms with Gasteiger partial charge in [0.2, 0.25) is 5.91 Å². The molecule has 1 amide bonds. The normalized spacial score (nSPS) is 22.0. The van der Waals surface area contributed by atoms with Gasteiger partial charge in [-0.25, -0.2) is 0 Å². The summed E-state index contributed by atoms with van der Waals surface area (Å²) in [7, 11) is 0. The molecule has 1 saturated heterocycles. The van der Waals surface area contributed by atoms with E-state index in [4.69, 9.17) is 23.2 Å². The molecule has 0 saturated carbocycles. The quantitative estimate of drug-likeness (QED) is 0.784. The molecule has 1 aromatic carbocycles. The molecule has 142 valence electrons. The number of hydrogen-bond donors (Lipinski definition) is 2. The summed E-state index contributed by atoms with van der Waals surface area (Å²) >= 11 is 14.2. The van der Waals surface area contributed by atoms with Crippen LogP contribution in [0.15, 0.2) is 36.7 Å². The fourth-order valence-corrected chi connectivity index (χ4v) is 5.58. The van der Waals surface area contributed by atoms with Gasteiger partial charge in [0.15, 0.2) is 0 Å². The summed E-state index contributed by atoms with van der Waals surface area (Å²) in [6.45, 7) is 0.958. The first-order valence-electron chi connectivity index (χ1n) is 8.77. The van der Waals surface area contributed by atoms with Gasteiger partial charge in [-0.3, -0.25) is 9.89 Å². The Balaban J connectivity index is 1.44. The summed E-state index contributed by atoms with van der Waals surface area (Å²) in [6, 6.07) is 5.23. The van der Waals surface area contributed by atoms with Crippen molar-refractivity contribution < 1.29 is 9.90 Å². The number of thioether (sulfide) groups is 1. The van der Waals surface area contributed by atoms with Gasteiger partial charge in [0, 0.05) is 51.1 Å². The molecule has 0 bridgehead atoms. The van der Waals surface area contributed by atoms with Gasteiger partial charge in [0.25, 0.3) is 0 Å². The van der Waals surface area contributed by atoms with Crippen LogP contribution in [0.2, 0.25) is 10.0 Å². The van der Waals surface area contributed by atoms with E-state index in [9.17, 15) is 9.90 Å². The van der Waals surface area contributed by atoms with Crippen molar-refractivity contribution >= 4 is 45.8 Å². The van der Waals surface area contributed by atoms with Gasteiger partial charge in [0.05, 0.1) is 17.7 Å². The predicted octanol–water partition coefficient (Wildman–Crippen LogP) is 3.93. The predicted molar refractivity (Wildman–Crippen MR) is 109 cm³/mol. The minimum atomic E-state index is -1.10. The Morgan fingerprint density at radius 3 is 2.63 bits per heavy atom. The first-order chi connectivity index (χ1) is 13.0. The average molecular weight is 424 g/mol. The van der Waals surface area contributed by atoms with Crippen molar-refractivity contribution in [1.82, 2.24) is 15.1 Å². The van der Waals surface area contributed by atoms with E-state index < -0.39 is 5.60 Å². The van der Waals surface area contributed by atoms with E-state index in [0.717, 1.165) is 16.2 Å². The molecule has 0 aliphatic carbocycles. The zero-order valence-corrected chi connectivity index (χ0v) is 16.8. The van der Waals surface area contributed by atoms with Gasteiger partial charge in [-0.05, 0) is 25.0 Å². The van der Waals surface area contributed by atoms with E-state index in [1.54, 1.807) is 36.2 Å². The summed E-state index contributed by atoms with van der Waals surface area (Å²) in [5.41, 5.74) is 0.477. The Bertz CT molecular complexity index is 857. The number of nitrogens with one attached hydrogen (secondary N) is 1. The van der Waals surface area contributed by atoms with Crippen molar-refractivity contribution in [2.75, 3.05) is 18.8 Å². The van der Waals surface area contributed by atoms with Crippen molar-refractivity contribution in [2.45, 2.75) is 18.4 Å². The number of amides is 1. The minimum Gasteiger partial charge on any atom is -0.385 e. The van der Waals surface area contributed by atoms with Crippen LogP contribution in [-0.2, 0) is 10.4 Å². The highest BCUT2D eigenvalue weighted by Gasteiger charge is 2.39. The molecule has 2 aliphatic rings. The molecule has 4 rings (SSSR count). The van der Waals surface area contributed by atoms with E-state index in [1.807, 2.05) is 17.2 Å². The second-order valence-corrected chi connectivity index (χ2v) is 8.77. The van der Waals surface area contributed by atoms with Crippen LogP contribution in [0.3, 0.4) is 0 Å². The maximum Gasteiger partial charge on any atom is 0.230 e. The third kappa shape index (κ3) is 3.63. The fourth-order valence-electron chi connectivity index (χ4n) is 3.69. The van der Waals surface area contributed by atoms with Crippen molar-refractivity contribution in [1.29, 1.82) is 0 Å². The lowest BCUT2D eigenvalue weighted by Gasteiger charge is -2.40. The minimum absolute atomic E-state index is 0.105. The first kappa shape index (κ1) is 18.9. The lowest BCUT2D eigenvalue weighted by Crippen LogP contribution is -2.47. The molecule has 8 heteroatoms. The van der Waals surface area contributed by atoms with Crippen LogP contribution in [0.4, 0.5) is 0 Å². The number of carbonyl (C=O) groups is 1. The Kier molecular flexibility index (Phi) is 5.25. The summed E-state index contributed by atoms with van der Waals surface area (Å²) in [6.07, 6.45) is 6.45.